The maximum Gasteiger partial charge on any atom is 0.190 e. The average Bonchev–Trinajstić information content (AvgIpc) is 3.01. The number of ether oxygens (including phenoxy) is 1. The first-order valence-electron chi connectivity index (χ1n) is 7.01. The highest BCUT2D eigenvalue weighted by molar-refractivity contribution is 6.37. The van der Waals surface area contributed by atoms with Crippen molar-refractivity contribution in [1.29, 1.82) is 0 Å². The van der Waals surface area contributed by atoms with E-state index >= 15 is 0 Å². The Morgan fingerprint density at radius 2 is 2.25 bits per heavy atom. The molecule has 0 aliphatic carbocycles. The first kappa shape index (κ1) is 16.5. The summed E-state index contributed by atoms with van der Waals surface area (Å²) in [6.07, 6.45) is 1.36. The molecule has 0 atom stereocenters. The Labute approximate surface area is 143 Å². The molecule has 2 radical (unpaired) electrons. The van der Waals surface area contributed by atoms with Gasteiger partial charge in [0, 0.05) is 12.7 Å². The lowest BCUT2D eigenvalue weighted by atomic mass is 9.96. The van der Waals surface area contributed by atoms with Crippen LogP contribution >= 0.6 is 11.6 Å². The Morgan fingerprint density at radius 1 is 1.46 bits per heavy atom. The van der Waals surface area contributed by atoms with Crippen molar-refractivity contribution in [3.05, 3.63) is 47.0 Å². The molecule has 1 aromatic heterocycles. The van der Waals surface area contributed by atoms with E-state index in [1.165, 1.54) is 25.6 Å². The fraction of sp³-hybridized carbons (Fsp3) is 0.125. The van der Waals surface area contributed by atoms with Crippen LogP contribution in [0.3, 0.4) is 0 Å². The number of hydrogen-bond acceptors (Lipinski definition) is 4. The van der Waals surface area contributed by atoms with Crippen LogP contribution in [0, 0.1) is 5.82 Å². The number of imidazole rings is 1. The normalized spacial score (nSPS) is 11.0. The van der Waals surface area contributed by atoms with Crippen molar-refractivity contribution in [3.8, 4) is 0 Å². The van der Waals surface area contributed by atoms with Gasteiger partial charge < -0.3 is 15.0 Å². The third-order valence-electron chi connectivity index (χ3n) is 3.48. The zero-order valence-corrected chi connectivity index (χ0v) is 13.4. The molecular weight excluding hydrogens is 331 g/mol. The Hall–Kier alpha value is -2.38. The zero-order valence-electron chi connectivity index (χ0n) is 12.7. The van der Waals surface area contributed by atoms with E-state index in [-0.39, 0.29) is 29.2 Å². The van der Waals surface area contributed by atoms with Gasteiger partial charge in [-0.25, -0.2) is 9.37 Å². The maximum absolute atomic E-state index is 14.9. The third-order valence-corrected chi connectivity index (χ3v) is 3.80. The molecular formula is C16H12BClFN3O2. The molecule has 120 valence electrons. The second-order valence-electron chi connectivity index (χ2n) is 5.13. The van der Waals surface area contributed by atoms with Gasteiger partial charge in [-0.05, 0) is 18.2 Å². The molecule has 0 spiro atoms. The van der Waals surface area contributed by atoms with Crippen LogP contribution in [-0.4, -0.2) is 37.3 Å². The fourth-order valence-electron chi connectivity index (χ4n) is 2.36. The van der Waals surface area contributed by atoms with Crippen molar-refractivity contribution in [2.45, 2.75) is 0 Å². The number of H-pyrrole nitrogens is 1. The molecule has 2 N–H and O–H groups in total. The molecule has 3 rings (SSSR count). The lowest BCUT2D eigenvalue weighted by molar-refractivity contribution is 0.0848. The third kappa shape index (κ3) is 3.00. The summed E-state index contributed by atoms with van der Waals surface area (Å²) >= 11 is 6.13. The Balaban J connectivity index is 2.15. The zero-order chi connectivity index (χ0) is 17.3. The maximum atomic E-state index is 14.9. The van der Waals surface area contributed by atoms with E-state index in [0.717, 1.165) is 0 Å². The molecule has 0 unspecified atom stereocenters. The first-order chi connectivity index (χ1) is 11.5. The van der Waals surface area contributed by atoms with Gasteiger partial charge in [-0.3, -0.25) is 4.79 Å². The molecule has 3 aromatic rings. The Bertz CT molecular complexity index is 929. The number of Topliss-reactive ketones (excluding diaryl/α,β-unsaturated/α-hetero) is 1. The van der Waals surface area contributed by atoms with Crippen LogP contribution in [0.2, 0.25) is 5.02 Å². The molecule has 0 amide bonds. The molecule has 8 heteroatoms. The van der Waals surface area contributed by atoms with Crippen molar-refractivity contribution >= 4 is 53.1 Å². The van der Waals surface area contributed by atoms with Gasteiger partial charge in [0.1, 0.15) is 20.0 Å². The number of nitrogens with zero attached hydrogens (tertiary/aromatic N) is 1. The predicted molar refractivity (Wildman–Crippen MR) is 92.4 cm³/mol. The second kappa shape index (κ2) is 6.63. The summed E-state index contributed by atoms with van der Waals surface area (Å²) in [7, 11) is 7.05. The highest BCUT2D eigenvalue weighted by Crippen LogP contribution is 2.32. The number of carbonyl (C=O) groups is 1. The van der Waals surface area contributed by atoms with E-state index in [1.807, 2.05) is 0 Å². The quantitative estimate of drug-likeness (QED) is 0.552. The number of fused-ring (bicyclic) bond motifs is 1. The number of halogens is 2. The van der Waals surface area contributed by atoms with Gasteiger partial charge in [0.15, 0.2) is 11.6 Å². The summed E-state index contributed by atoms with van der Waals surface area (Å²) in [6, 6.07) is 6.29. The van der Waals surface area contributed by atoms with Gasteiger partial charge in [-0.15, -0.1) is 0 Å². The van der Waals surface area contributed by atoms with E-state index < -0.39 is 5.82 Å². The summed E-state index contributed by atoms with van der Waals surface area (Å²) < 4.78 is 19.7. The molecule has 5 nitrogen and oxygen atoms in total. The highest BCUT2D eigenvalue weighted by Gasteiger charge is 2.21. The summed E-state index contributed by atoms with van der Waals surface area (Å²) in [4.78, 5) is 19.0. The van der Waals surface area contributed by atoms with E-state index in [1.54, 1.807) is 12.1 Å². The van der Waals surface area contributed by atoms with E-state index in [9.17, 15) is 9.18 Å². The largest absolute Gasteiger partial charge is 0.377 e. The minimum atomic E-state index is -0.652. The lowest BCUT2D eigenvalue weighted by Gasteiger charge is -2.14. The summed E-state index contributed by atoms with van der Waals surface area (Å²) in [5, 5.41) is 3.17. The summed E-state index contributed by atoms with van der Waals surface area (Å²) in [5.74, 6) is -1.02. The van der Waals surface area contributed by atoms with Crippen molar-refractivity contribution in [2.75, 3.05) is 19.0 Å². The number of rotatable bonds is 5. The molecule has 0 aliphatic heterocycles. The minimum absolute atomic E-state index is 0.0108. The van der Waals surface area contributed by atoms with Crippen LogP contribution in [0.15, 0.2) is 30.6 Å². The van der Waals surface area contributed by atoms with Gasteiger partial charge in [-0.1, -0.05) is 23.1 Å². The summed E-state index contributed by atoms with van der Waals surface area (Å²) in [5.41, 5.74) is 1.57. The molecule has 0 bridgehead atoms. The molecule has 0 fully saturated rings. The Morgan fingerprint density at radius 3 is 2.96 bits per heavy atom. The molecule has 24 heavy (non-hydrogen) atoms. The molecule has 0 saturated heterocycles. The monoisotopic (exact) mass is 343 g/mol. The van der Waals surface area contributed by atoms with Crippen molar-refractivity contribution in [3.63, 3.8) is 0 Å². The number of anilines is 2. The van der Waals surface area contributed by atoms with Crippen LogP contribution in [0.1, 0.15) is 10.4 Å². The Kier molecular flexibility index (Phi) is 4.55. The van der Waals surface area contributed by atoms with Crippen LogP contribution in [0.5, 0.6) is 0 Å². The second-order valence-corrected chi connectivity index (χ2v) is 5.54. The van der Waals surface area contributed by atoms with Crippen LogP contribution < -0.4 is 10.8 Å². The standard InChI is InChI=1S/C16H12BClFN3O2/c1-24-6-13(23)9-5-12-16(21-7-20-12)14(19)15(9)22-11-3-2-8(17)4-10(11)18/h2-5,7,22H,6H2,1H3,(H,20,21). The number of methoxy groups -OCH3 is 1. The highest BCUT2D eigenvalue weighted by atomic mass is 35.5. The minimum Gasteiger partial charge on any atom is -0.377 e. The molecule has 0 saturated carbocycles. The van der Waals surface area contributed by atoms with Crippen molar-refractivity contribution < 1.29 is 13.9 Å². The van der Waals surface area contributed by atoms with Crippen molar-refractivity contribution in [2.24, 2.45) is 0 Å². The number of carbonyl (C=O) groups excluding carboxylic acids is 1. The van der Waals surface area contributed by atoms with E-state index in [0.29, 0.717) is 21.7 Å². The molecule has 1 heterocycles. The molecule has 0 aliphatic rings. The smallest absolute Gasteiger partial charge is 0.190 e. The SMILES string of the molecule is [B]c1ccc(Nc2c(C(=O)COC)cc3[nH]cnc3c2F)c(Cl)c1. The number of aromatic nitrogens is 2. The van der Waals surface area contributed by atoms with E-state index in [2.05, 4.69) is 15.3 Å². The number of aromatic amines is 1. The van der Waals surface area contributed by atoms with Crippen LogP contribution in [0.4, 0.5) is 15.8 Å². The number of hydrogen-bond donors (Lipinski definition) is 2. The first-order valence-corrected chi connectivity index (χ1v) is 7.39. The van der Waals surface area contributed by atoms with Gasteiger partial charge in [-0.2, -0.15) is 0 Å². The predicted octanol–water partition coefficient (Wildman–Crippen LogP) is 2.72. The fourth-order valence-corrected chi connectivity index (χ4v) is 2.60. The molecule has 2 aromatic carbocycles. The topological polar surface area (TPSA) is 67.0 Å². The van der Waals surface area contributed by atoms with Gasteiger partial charge in [0.2, 0.25) is 0 Å². The number of nitrogens with one attached hydrogen (secondary N) is 2. The lowest BCUT2D eigenvalue weighted by Crippen LogP contribution is -2.12. The van der Waals surface area contributed by atoms with Gasteiger partial charge in [0.25, 0.3) is 0 Å². The summed E-state index contributed by atoms with van der Waals surface area (Å²) in [6.45, 7) is -0.177. The average molecular weight is 344 g/mol. The van der Waals surface area contributed by atoms with Crippen molar-refractivity contribution in [1.82, 2.24) is 9.97 Å². The van der Waals surface area contributed by atoms with Gasteiger partial charge >= 0.3 is 0 Å². The number of ketones is 1. The van der Waals surface area contributed by atoms with Gasteiger partial charge in [0.05, 0.1) is 28.2 Å². The number of benzene rings is 2. The van der Waals surface area contributed by atoms with E-state index in [4.69, 9.17) is 24.2 Å². The van der Waals surface area contributed by atoms with Crippen LogP contribution in [-0.2, 0) is 4.74 Å². The van der Waals surface area contributed by atoms with Crippen LogP contribution in [0.25, 0.3) is 11.0 Å².